The van der Waals surface area contributed by atoms with Gasteiger partial charge in [-0.05, 0) is 49.4 Å². The number of anilines is 1. The molecule has 0 spiro atoms. The van der Waals surface area contributed by atoms with E-state index in [1.54, 1.807) is 0 Å². The first kappa shape index (κ1) is 14.2. The molecule has 2 nitrogen and oxygen atoms in total. The zero-order valence-electron chi connectivity index (χ0n) is 12.4. The third kappa shape index (κ3) is 2.82. The van der Waals surface area contributed by atoms with E-state index in [-0.39, 0.29) is 0 Å². The van der Waals surface area contributed by atoms with E-state index in [0.29, 0.717) is 0 Å². The van der Waals surface area contributed by atoms with E-state index in [1.807, 2.05) is 6.07 Å². The lowest BCUT2D eigenvalue weighted by molar-refractivity contribution is 0.342. The fourth-order valence-corrected chi connectivity index (χ4v) is 4.08. The maximum Gasteiger partial charge on any atom is 0.0429 e. The van der Waals surface area contributed by atoms with Crippen molar-refractivity contribution in [2.45, 2.75) is 51.6 Å². The Morgan fingerprint density at radius 3 is 2.95 bits per heavy atom. The van der Waals surface area contributed by atoms with Crippen molar-refractivity contribution in [2.75, 3.05) is 18.0 Å². The second-order valence-corrected chi connectivity index (χ2v) is 6.58. The molecular weight excluding hydrogens is 268 g/mol. The topological polar surface area (TPSA) is 15.3 Å². The molecule has 1 aromatic carbocycles. The van der Waals surface area contributed by atoms with Gasteiger partial charge in [0.05, 0.1) is 0 Å². The summed E-state index contributed by atoms with van der Waals surface area (Å²) in [6.45, 7) is 5.31. The zero-order chi connectivity index (χ0) is 13.9. The fourth-order valence-electron chi connectivity index (χ4n) is 3.92. The smallest absolute Gasteiger partial charge is 0.0429 e. The van der Waals surface area contributed by atoms with Gasteiger partial charge in [0.2, 0.25) is 0 Å². The minimum Gasteiger partial charge on any atom is -0.368 e. The van der Waals surface area contributed by atoms with Crippen LogP contribution in [-0.4, -0.2) is 19.1 Å². The Balaban J connectivity index is 1.86. The van der Waals surface area contributed by atoms with Gasteiger partial charge in [0.15, 0.2) is 0 Å². The minimum atomic E-state index is 0.752. The summed E-state index contributed by atoms with van der Waals surface area (Å²) in [6, 6.07) is 7.14. The summed E-state index contributed by atoms with van der Waals surface area (Å²) in [5.41, 5.74) is 2.76. The van der Waals surface area contributed by atoms with Crippen molar-refractivity contribution in [1.82, 2.24) is 5.32 Å². The van der Waals surface area contributed by atoms with Gasteiger partial charge in [0.25, 0.3) is 0 Å². The van der Waals surface area contributed by atoms with Crippen LogP contribution in [-0.2, 0) is 6.54 Å². The number of rotatable bonds is 4. The molecule has 20 heavy (non-hydrogen) atoms. The quantitative estimate of drug-likeness (QED) is 0.894. The molecule has 2 fully saturated rings. The number of fused-ring (bicyclic) bond motifs is 1. The molecule has 2 unspecified atom stereocenters. The number of hydrogen-bond donors (Lipinski definition) is 1. The molecular formula is C17H25ClN2. The molecule has 2 atom stereocenters. The third-order valence-electron chi connectivity index (χ3n) is 4.93. The van der Waals surface area contributed by atoms with E-state index < -0.39 is 0 Å². The predicted octanol–water partition coefficient (Wildman–Crippen LogP) is 4.22. The Bertz CT molecular complexity index is 460. The summed E-state index contributed by atoms with van der Waals surface area (Å²) in [5.74, 6) is 0.912. The van der Waals surface area contributed by atoms with Gasteiger partial charge in [-0.2, -0.15) is 0 Å². The van der Waals surface area contributed by atoms with Crippen molar-refractivity contribution in [3.63, 3.8) is 0 Å². The standard InChI is InChI=1S/C17H25ClN2/c1-2-19-12-14-7-8-15(18)11-17(14)20-10-9-13-5-3-4-6-16(13)20/h7-8,11,13,16,19H,2-6,9-10,12H2,1H3. The first-order chi connectivity index (χ1) is 9.79. The summed E-state index contributed by atoms with van der Waals surface area (Å²) in [5, 5.41) is 4.31. The van der Waals surface area contributed by atoms with E-state index in [1.165, 1.54) is 49.9 Å². The zero-order valence-corrected chi connectivity index (χ0v) is 13.1. The Hall–Kier alpha value is -0.730. The molecule has 0 radical (unpaired) electrons. The summed E-state index contributed by atoms with van der Waals surface area (Å²) in [4.78, 5) is 2.64. The lowest BCUT2D eigenvalue weighted by Gasteiger charge is -2.34. The highest BCUT2D eigenvalue weighted by Crippen LogP contribution is 2.40. The first-order valence-corrected chi connectivity index (χ1v) is 8.43. The van der Waals surface area contributed by atoms with Crippen molar-refractivity contribution in [1.29, 1.82) is 0 Å². The number of nitrogens with one attached hydrogen (secondary N) is 1. The van der Waals surface area contributed by atoms with Gasteiger partial charge >= 0.3 is 0 Å². The van der Waals surface area contributed by atoms with Crippen LogP contribution in [0.3, 0.4) is 0 Å². The van der Waals surface area contributed by atoms with Crippen molar-refractivity contribution in [3.05, 3.63) is 28.8 Å². The molecule has 110 valence electrons. The van der Waals surface area contributed by atoms with E-state index in [2.05, 4.69) is 29.3 Å². The van der Waals surface area contributed by atoms with Crippen molar-refractivity contribution in [3.8, 4) is 0 Å². The lowest BCUT2D eigenvalue weighted by Crippen LogP contribution is -2.35. The Kier molecular flexibility index (Phi) is 4.52. The molecule has 2 aliphatic rings. The third-order valence-corrected chi connectivity index (χ3v) is 5.17. The molecule has 0 aromatic heterocycles. The van der Waals surface area contributed by atoms with Crippen molar-refractivity contribution in [2.24, 2.45) is 5.92 Å². The molecule has 1 heterocycles. The van der Waals surface area contributed by atoms with Crippen LogP contribution in [0.5, 0.6) is 0 Å². The highest BCUT2D eigenvalue weighted by Gasteiger charge is 2.36. The summed E-state index contributed by atoms with van der Waals surface area (Å²) < 4.78 is 0. The molecule has 3 rings (SSSR count). The van der Waals surface area contributed by atoms with Crippen LogP contribution < -0.4 is 10.2 Å². The van der Waals surface area contributed by atoms with Gasteiger partial charge in [0, 0.05) is 29.8 Å². The van der Waals surface area contributed by atoms with Gasteiger partial charge in [0.1, 0.15) is 0 Å². The van der Waals surface area contributed by atoms with Crippen LogP contribution in [0, 0.1) is 5.92 Å². The molecule has 3 heteroatoms. The maximum atomic E-state index is 6.26. The van der Waals surface area contributed by atoms with Gasteiger partial charge in [-0.3, -0.25) is 0 Å². The average molecular weight is 293 g/mol. The van der Waals surface area contributed by atoms with Gasteiger partial charge in [-0.15, -0.1) is 0 Å². The Morgan fingerprint density at radius 2 is 2.10 bits per heavy atom. The SMILES string of the molecule is CCNCc1ccc(Cl)cc1N1CCC2CCCCC21. The van der Waals surface area contributed by atoms with Crippen LogP contribution in [0.1, 0.15) is 44.6 Å². The minimum absolute atomic E-state index is 0.752. The molecule has 0 bridgehead atoms. The monoisotopic (exact) mass is 292 g/mol. The second-order valence-electron chi connectivity index (χ2n) is 6.15. The lowest BCUT2D eigenvalue weighted by atomic mass is 9.85. The van der Waals surface area contributed by atoms with E-state index in [9.17, 15) is 0 Å². The van der Waals surface area contributed by atoms with Crippen molar-refractivity contribution < 1.29 is 0 Å². The van der Waals surface area contributed by atoms with Crippen LogP contribution in [0.2, 0.25) is 5.02 Å². The molecule has 1 saturated heterocycles. The van der Waals surface area contributed by atoms with Crippen LogP contribution in [0.25, 0.3) is 0 Å². The molecule has 1 aliphatic heterocycles. The number of hydrogen-bond acceptors (Lipinski definition) is 2. The van der Waals surface area contributed by atoms with E-state index >= 15 is 0 Å². The highest BCUT2D eigenvalue weighted by molar-refractivity contribution is 6.30. The second kappa shape index (κ2) is 6.36. The van der Waals surface area contributed by atoms with Gasteiger partial charge in [-0.1, -0.05) is 37.4 Å². The number of nitrogens with zero attached hydrogens (tertiary/aromatic N) is 1. The van der Waals surface area contributed by atoms with Crippen LogP contribution in [0.15, 0.2) is 18.2 Å². The summed E-state index contributed by atoms with van der Waals surface area (Å²) >= 11 is 6.26. The van der Waals surface area contributed by atoms with E-state index in [4.69, 9.17) is 11.6 Å². The fraction of sp³-hybridized carbons (Fsp3) is 0.647. The predicted molar refractivity (Wildman–Crippen MR) is 86.5 cm³/mol. The largest absolute Gasteiger partial charge is 0.368 e. The molecule has 1 saturated carbocycles. The molecule has 1 N–H and O–H groups in total. The summed E-state index contributed by atoms with van der Waals surface area (Å²) in [6.07, 6.45) is 6.95. The first-order valence-electron chi connectivity index (χ1n) is 8.05. The summed E-state index contributed by atoms with van der Waals surface area (Å²) in [7, 11) is 0. The maximum absolute atomic E-state index is 6.26. The highest BCUT2D eigenvalue weighted by atomic mass is 35.5. The molecule has 0 amide bonds. The van der Waals surface area contributed by atoms with Crippen LogP contribution >= 0.6 is 11.6 Å². The molecule has 1 aliphatic carbocycles. The Morgan fingerprint density at radius 1 is 1.25 bits per heavy atom. The van der Waals surface area contributed by atoms with Crippen LogP contribution in [0.4, 0.5) is 5.69 Å². The molecule has 1 aromatic rings. The van der Waals surface area contributed by atoms with Gasteiger partial charge in [-0.25, -0.2) is 0 Å². The normalized spacial score (nSPS) is 25.8. The Labute approximate surface area is 127 Å². The number of halogens is 1. The van der Waals surface area contributed by atoms with Crippen molar-refractivity contribution >= 4 is 17.3 Å². The number of benzene rings is 1. The van der Waals surface area contributed by atoms with E-state index in [0.717, 1.165) is 30.1 Å². The average Bonchev–Trinajstić information content (AvgIpc) is 2.90. The van der Waals surface area contributed by atoms with Gasteiger partial charge < -0.3 is 10.2 Å².